The van der Waals surface area contributed by atoms with Crippen LogP contribution < -0.4 is 63.1 Å². The van der Waals surface area contributed by atoms with Crippen molar-refractivity contribution in [3.63, 3.8) is 0 Å². The summed E-state index contributed by atoms with van der Waals surface area (Å²) in [5.41, 5.74) is 8.36. The molecule has 3 aromatic carbocycles. The van der Waals surface area contributed by atoms with Gasteiger partial charge in [0.2, 0.25) is 59.1 Å². The molecule has 2 fully saturated rings. The number of hydrogen-bond donors (Lipinski definition) is 15. The fourth-order valence-electron chi connectivity index (χ4n) is 13.4. The molecule has 41 nitrogen and oxygen atoms in total. The molecule has 121 heavy (non-hydrogen) atoms. The van der Waals surface area contributed by atoms with E-state index in [0.29, 0.717) is 80.6 Å². The number of carboxylic acids is 5. The second-order valence-electron chi connectivity index (χ2n) is 30.1. The standard InChI is InChI=1S/C78H105Cl2N17O24/c1-43(70(81)111)84-75(116)56(14-18-63(101)102)90-73(114)46(4)85-74(115)55(88-72(113)45(3)86-76(117)57(15-19-64(103)104)89-71(112)44(2)83-62(100)37-92-21-23-93(38-65(105)106)25-27-95(40-67(109)110)28-26-94(24-22-92)39-66(107)108)13-8-9-20-82-60(98)16-17-61(99)87-50-12-10-11-47(31-50)52-35-53-59(36-58(52)119-7)121-41-54-68(77(118)96-29-30-120-42-78(96,5)6)91-97(69(53)54)51-33-48(79)32-49(80)34-51/h10-12,31-36,43-46,55-57H,8-9,13-30,37-42H2,1-7H3,(H2,81,111)(H,82,98)(H,83,100)(H,84,116)(H,85,115)(H,86,117)(H,87,99)(H,88,113)(H,89,112)(H,90,114)(H,101,102)(H,103,104)(H,105,106)(H,107,108)(H,109,110)/t43-,44-,45-,46-,55-,56-,57-/m1/s1. The number of ether oxygens (including phenoxy) is 3. The quantitative estimate of drug-likeness (QED) is 0.0257. The molecule has 660 valence electrons. The lowest BCUT2D eigenvalue weighted by Gasteiger charge is -2.41. The van der Waals surface area contributed by atoms with Gasteiger partial charge in [-0.2, -0.15) is 5.10 Å². The van der Waals surface area contributed by atoms with Crippen molar-refractivity contribution in [2.75, 3.05) is 117 Å². The van der Waals surface area contributed by atoms with Crippen LogP contribution in [0.5, 0.6) is 11.5 Å². The Morgan fingerprint density at radius 2 is 1.01 bits per heavy atom. The number of unbranched alkanes of at least 4 members (excludes halogenated alkanes) is 1. The number of amides is 11. The lowest BCUT2D eigenvalue weighted by Crippen LogP contribution is -2.59. The number of methoxy groups -OCH3 is 1. The Kier molecular flexibility index (Phi) is 36.4. The lowest BCUT2D eigenvalue weighted by atomic mass is 9.95. The van der Waals surface area contributed by atoms with E-state index >= 15 is 0 Å². The van der Waals surface area contributed by atoms with E-state index in [1.54, 1.807) is 67.9 Å². The predicted molar refractivity (Wildman–Crippen MR) is 434 cm³/mol. The van der Waals surface area contributed by atoms with Crippen LogP contribution in [0.4, 0.5) is 5.69 Å². The molecule has 0 aliphatic carbocycles. The molecule has 0 unspecified atom stereocenters. The van der Waals surface area contributed by atoms with Crippen molar-refractivity contribution < 1.29 is 116 Å². The molecule has 1 aromatic heterocycles. The molecule has 0 bridgehead atoms. The zero-order valence-corrected chi connectivity index (χ0v) is 69.6. The number of nitrogens with two attached hydrogens (primary N) is 1. The Hall–Kier alpha value is -11.6. The Labute approximate surface area is 706 Å². The molecule has 7 atom stereocenters. The second kappa shape index (κ2) is 45.7. The summed E-state index contributed by atoms with van der Waals surface area (Å²) in [6.45, 7) is 8.66. The van der Waals surface area contributed by atoms with Crippen LogP contribution in [0.3, 0.4) is 0 Å². The first-order valence-corrected chi connectivity index (χ1v) is 39.8. The van der Waals surface area contributed by atoms with Gasteiger partial charge in [-0.25, -0.2) is 4.68 Å². The molecular weight excluding hydrogens is 1630 g/mol. The SMILES string of the molecule is COc1cc2c(cc1-c1cccc(NC(=O)CCC(=O)NCCCC[C@@H](NC(=O)[C@@H](C)NC(=O)[C@@H](CCC(=O)O)NC(=O)[C@@H](C)NC(=O)CN3CCN(CC(=O)O)CCN(CC(=O)O)CCN(CC(=O)O)CC3)C(=O)N[C@H](C)C(=O)N[C@H](CCC(=O)O)C(=O)N[C@H](C)C(N)=O)c1)-c1c(c(C(=O)N3CCOCC3(C)C)nn1-c1cc(Cl)cc(Cl)c1)CO2. The van der Waals surface area contributed by atoms with Gasteiger partial charge < -0.3 is 98.2 Å². The summed E-state index contributed by atoms with van der Waals surface area (Å²) in [4.78, 5) is 216. The summed E-state index contributed by atoms with van der Waals surface area (Å²) in [5.74, 6) is -14.6. The first-order chi connectivity index (χ1) is 57.2. The second-order valence-corrected chi connectivity index (χ2v) is 30.9. The molecule has 2 saturated heterocycles. The van der Waals surface area contributed by atoms with E-state index in [1.165, 1.54) is 44.6 Å². The van der Waals surface area contributed by atoms with Crippen molar-refractivity contribution in [1.29, 1.82) is 0 Å². The molecular formula is C78H105Cl2N17O24. The van der Waals surface area contributed by atoms with Gasteiger partial charge in [-0.3, -0.25) is 96.3 Å². The number of halogens is 2. The summed E-state index contributed by atoms with van der Waals surface area (Å²) in [7, 11) is 1.49. The lowest BCUT2D eigenvalue weighted by molar-refractivity contribution is -0.140. The van der Waals surface area contributed by atoms with Gasteiger partial charge in [0.05, 0.1) is 63.4 Å². The van der Waals surface area contributed by atoms with Crippen molar-refractivity contribution in [1.82, 2.24) is 76.8 Å². The molecule has 7 rings (SSSR count). The molecule has 11 amide bonds. The van der Waals surface area contributed by atoms with Gasteiger partial charge in [-0.15, -0.1) is 0 Å². The van der Waals surface area contributed by atoms with Gasteiger partial charge in [0, 0.05) is 130 Å². The Bertz CT molecular complexity index is 4440. The number of benzene rings is 3. The van der Waals surface area contributed by atoms with Crippen molar-refractivity contribution in [3.05, 3.63) is 75.9 Å². The minimum absolute atomic E-state index is 0.0220. The van der Waals surface area contributed by atoms with Crippen LogP contribution in [0.25, 0.3) is 28.1 Å². The van der Waals surface area contributed by atoms with E-state index in [0.717, 1.165) is 0 Å². The first kappa shape index (κ1) is 96.5. The summed E-state index contributed by atoms with van der Waals surface area (Å²) in [6.07, 6.45) is -2.92. The normalized spacial score (nSPS) is 16.3. The number of aromatic nitrogens is 2. The molecule has 4 heterocycles. The molecule has 0 spiro atoms. The Morgan fingerprint density at radius 3 is 1.49 bits per heavy atom. The Balaban J connectivity index is 0.993. The zero-order chi connectivity index (χ0) is 89.1. The fourth-order valence-corrected chi connectivity index (χ4v) is 13.9. The van der Waals surface area contributed by atoms with Gasteiger partial charge in [0.1, 0.15) is 60.4 Å². The molecule has 0 saturated carbocycles. The number of fused-ring (bicyclic) bond motifs is 3. The number of nitrogens with one attached hydrogen (secondary N) is 9. The first-order valence-electron chi connectivity index (χ1n) is 39.1. The highest BCUT2D eigenvalue weighted by molar-refractivity contribution is 6.35. The summed E-state index contributed by atoms with van der Waals surface area (Å²) >= 11 is 13.1. The van der Waals surface area contributed by atoms with Crippen LogP contribution in [0, 0.1) is 0 Å². The average molecular weight is 1740 g/mol. The number of anilines is 1. The van der Waals surface area contributed by atoms with Crippen LogP contribution >= 0.6 is 23.2 Å². The topological polar surface area (TPSA) is 570 Å². The summed E-state index contributed by atoms with van der Waals surface area (Å²) in [6, 6.07) is 4.79. The van der Waals surface area contributed by atoms with Crippen LogP contribution in [0.1, 0.15) is 115 Å². The van der Waals surface area contributed by atoms with E-state index in [-0.39, 0.29) is 116 Å². The smallest absolute Gasteiger partial charge is 0.317 e. The van der Waals surface area contributed by atoms with E-state index in [1.807, 2.05) is 19.9 Å². The van der Waals surface area contributed by atoms with Crippen molar-refractivity contribution >= 4 is 124 Å². The van der Waals surface area contributed by atoms with Gasteiger partial charge in [-0.1, -0.05) is 35.3 Å². The largest absolute Gasteiger partial charge is 0.496 e. The van der Waals surface area contributed by atoms with E-state index in [2.05, 4.69) is 47.9 Å². The fraction of sp³-hybridized carbons (Fsp3) is 0.526. The number of primary amides is 1. The summed E-state index contributed by atoms with van der Waals surface area (Å²) < 4.78 is 19.6. The van der Waals surface area contributed by atoms with E-state index in [4.69, 9.17) is 48.2 Å². The van der Waals surface area contributed by atoms with Crippen LogP contribution in [0.2, 0.25) is 10.0 Å². The minimum Gasteiger partial charge on any atom is -0.496 e. The number of carboxylic acid groups (broad SMARTS) is 5. The summed E-state index contributed by atoms with van der Waals surface area (Å²) in [5, 5.41) is 75.8. The highest BCUT2D eigenvalue weighted by atomic mass is 35.5. The molecule has 4 aromatic rings. The van der Waals surface area contributed by atoms with Crippen LogP contribution in [0.15, 0.2) is 54.6 Å². The van der Waals surface area contributed by atoms with Gasteiger partial charge >= 0.3 is 29.8 Å². The third-order valence-electron chi connectivity index (χ3n) is 20.0. The van der Waals surface area contributed by atoms with E-state index < -0.39 is 182 Å². The minimum atomic E-state index is -1.67. The number of nitrogens with zero attached hydrogens (tertiary/aromatic N) is 7. The van der Waals surface area contributed by atoms with Crippen LogP contribution in [-0.2, 0) is 83.3 Å². The number of hydrogen-bond acceptors (Lipinski definition) is 24. The maximum Gasteiger partial charge on any atom is 0.317 e. The molecule has 43 heteroatoms. The molecule has 16 N–H and O–H groups in total. The van der Waals surface area contributed by atoms with Crippen LogP contribution in [-0.4, -0.2) is 314 Å². The number of morpholine rings is 1. The molecule has 3 aliphatic heterocycles. The van der Waals surface area contributed by atoms with Gasteiger partial charge in [-0.05, 0) is 116 Å². The third kappa shape index (κ3) is 29.9. The zero-order valence-electron chi connectivity index (χ0n) is 68.1. The van der Waals surface area contributed by atoms with Crippen molar-refractivity contribution in [3.8, 4) is 39.6 Å². The maximum absolute atomic E-state index is 14.5. The number of aliphatic carboxylic acids is 5. The van der Waals surface area contributed by atoms with Crippen molar-refractivity contribution in [2.24, 2.45) is 5.73 Å². The molecule has 0 radical (unpaired) electrons. The number of carbonyl (C=O) groups excluding carboxylic acids is 11. The molecule has 3 aliphatic rings. The highest BCUT2D eigenvalue weighted by Gasteiger charge is 2.41. The third-order valence-corrected chi connectivity index (χ3v) is 20.4. The monoisotopic (exact) mass is 1730 g/mol. The number of carbonyl (C=O) groups is 16. The average Bonchev–Trinajstić information content (AvgIpc) is 1.60. The highest BCUT2D eigenvalue weighted by Crippen LogP contribution is 2.47. The predicted octanol–water partition coefficient (Wildman–Crippen LogP) is -0.166. The number of rotatable bonds is 41. The van der Waals surface area contributed by atoms with E-state index in [9.17, 15) is 102 Å². The van der Waals surface area contributed by atoms with Crippen molar-refractivity contribution in [2.45, 2.75) is 154 Å². The van der Waals surface area contributed by atoms with Gasteiger partial charge in [0.25, 0.3) is 5.91 Å². The van der Waals surface area contributed by atoms with Gasteiger partial charge in [0.15, 0.2) is 5.69 Å². The Morgan fingerprint density at radius 1 is 0.529 bits per heavy atom. The maximum atomic E-state index is 14.5.